The maximum absolute atomic E-state index is 12.1. The largest absolute Gasteiger partial charge is 0.459 e. The molecule has 1 N–H and O–H groups in total. The zero-order chi connectivity index (χ0) is 19.8. The summed E-state index contributed by atoms with van der Waals surface area (Å²) < 4.78 is 11.2. The highest BCUT2D eigenvalue weighted by atomic mass is 32.1. The number of furan rings is 1. The van der Waals surface area contributed by atoms with E-state index in [4.69, 9.17) is 9.15 Å². The molecule has 6 nitrogen and oxygen atoms in total. The molecule has 146 valence electrons. The number of nitrogens with zero attached hydrogens (tertiary/aromatic N) is 2. The molecule has 0 fully saturated rings. The third-order valence-electron chi connectivity index (χ3n) is 5.13. The van der Waals surface area contributed by atoms with Gasteiger partial charge in [0.1, 0.15) is 16.9 Å². The van der Waals surface area contributed by atoms with Crippen LogP contribution in [0.25, 0.3) is 10.2 Å². The smallest absolute Gasteiger partial charge is 0.291 e. The van der Waals surface area contributed by atoms with Crippen LogP contribution < -0.4 is 10.1 Å². The Hall–Kier alpha value is -3.19. The van der Waals surface area contributed by atoms with Crippen LogP contribution >= 0.6 is 11.3 Å². The van der Waals surface area contributed by atoms with Gasteiger partial charge in [0, 0.05) is 10.6 Å². The van der Waals surface area contributed by atoms with Crippen LogP contribution in [-0.4, -0.2) is 15.9 Å². The Morgan fingerprint density at radius 3 is 2.90 bits per heavy atom. The molecule has 29 heavy (non-hydrogen) atoms. The van der Waals surface area contributed by atoms with Crippen LogP contribution in [0.5, 0.6) is 11.6 Å². The van der Waals surface area contributed by atoms with Crippen LogP contribution in [0.2, 0.25) is 0 Å². The Morgan fingerprint density at radius 1 is 1.24 bits per heavy atom. The van der Waals surface area contributed by atoms with Gasteiger partial charge in [0.15, 0.2) is 5.76 Å². The van der Waals surface area contributed by atoms with Crippen molar-refractivity contribution in [3.8, 4) is 11.6 Å². The third-order valence-corrected chi connectivity index (χ3v) is 6.29. The summed E-state index contributed by atoms with van der Waals surface area (Å²) in [7, 11) is 0. The van der Waals surface area contributed by atoms with Gasteiger partial charge in [0.25, 0.3) is 5.91 Å². The van der Waals surface area contributed by atoms with Crippen LogP contribution in [0.1, 0.15) is 34.3 Å². The van der Waals surface area contributed by atoms with E-state index >= 15 is 0 Å². The number of benzene rings is 1. The van der Waals surface area contributed by atoms with Gasteiger partial charge in [-0.05, 0) is 67.1 Å². The Morgan fingerprint density at radius 2 is 2.10 bits per heavy atom. The summed E-state index contributed by atoms with van der Waals surface area (Å²) in [5, 5.41) is 3.83. The van der Waals surface area contributed by atoms with E-state index in [-0.39, 0.29) is 11.7 Å². The molecule has 0 saturated carbocycles. The number of ether oxygens (including phenoxy) is 1. The minimum atomic E-state index is -0.291. The average molecular weight is 405 g/mol. The van der Waals surface area contributed by atoms with Gasteiger partial charge >= 0.3 is 0 Å². The van der Waals surface area contributed by atoms with E-state index in [0.717, 1.165) is 23.1 Å². The van der Waals surface area contributed by atoms with E-state index in [1.807, 2.05) is 12.1 Å². The molecule has 1 atom stereocenters. The summed E-state index contributed by atoms with van der Waals surface area (Å²) in [5.74, 6) is 1.93. The lowest BCUT2D eigenvalue weighted by atomic mass is 9.89. The summed E-state index contributed by atoms with van der Waals surface area (Å²) in [4.78, 5) is 23.3. The van der Waals surface area contributed by atoms with E-state index in [9.17, 15) is 4.79 Å². The van der Waals surface area contributed by atoms with Crippen LogP contribution in [0.15, 0.2) is 53.4 Å². The number of thiophene rings is 1. The molecule has 7 heteroatoms. The molecule has 0 bridgehead atoms. The quantitative estimate of drug-likeness (QED) is 0.488. The molecule has 0 saturated heterocycles. The molecule has 5 rings (SSSR count). The van der Waals surface area contributed by atoms with Gasteiger partial charge in [-0.2, -0.15) is 0 Å². The summed E-state index contributed by atoms with van der Waals surface area (Å²) in [6.45, 7) is 2.29. The van der Waals surface area contributed by atoms with Crippen molar-refractivity contribution >= 4 is 33.1 Å². The van der Waals surface area contributed by atoms with E-state index in [2.05, 4.69) is 22.2 Å². The monoisotopic (exact) mass is 405 g/mol. The van der Waals surface area contributed by atoms with Crippen LogP contribution in [0.3, 0.4) is 0 Å². The predicted molar refractivity (Wildman–Crippen MR) is 112 cm³/mol. The second kappa shape index (κ2) is 7.33. The van der Waals surface area contributed by atoms with E-state index < -0.39 is 0 Å². The standard InChI is InChI=1S/C22H19N3O3S/c1-13-4-9-16-18(11-13)29-22-19(16)21(23-12-24-22)28-15-7-5-14(6-8-15)25-20(26)17-3-2-10-27-17/h2-3,5-8,10,12-13H,4,9,11H2,1H3,(H,25,26). The van der Waals surface area contributed by atoms with Crippen molar-refractivity contribution in [2.24, 2.45) is 5.92 Å². The fourth-order valence-corrected chi connectivity index (χ4v) is 4.98. The van der Waals surface area contributed by atoms with Gasteiger partial charge in [-0.1, -0.05) is 6.92 Å². The molecule has 3 heterocycles. The third kappa shape index (κ3) is 3.49. The lowest BCUT2D eigenvalue weighted by Gasteiger charge is -2.18. The minimum absolute atomic E-state index is 0.269. The van der Waals surface area contributed by atoms with Crippen molar-refractivity contribution in [1.29, 1.82) is 0 Å². The summed E-state index contributed by atoms with van der Waals surface area (Å²) in [6.07, 6.45) is 6.34. The average Bonchev–Trinajstić information content (AvgIpc) is 3.37. The number of amides is 1. The Kier molecular flexibility index (Phi) is 4.52. The van der Waals surface area contributed by atoms with Crippen LogP contribution in [0.4, 0.5) is 5.69 Å². The summed E-state index contributed by atoms with van der Waals surface area (Å²) in [5.41, 5.74) is 1.99. The minimum Gasteiger partial charge on any atom is -0.459 e. The number of hydrogen-bond acceptors (Lipinski definition) is 6. The zero-order valence-corrected chi connectivity index (χ0v) is 16.7. The second-order valence-corrected chi connectivity index (χ2v) is 8.35. The highest BCUT2D eigenvalue weighted by Gasteiger charge is 2.23. The molecule has 3 aromatic heterocycles. The summed E-state index contributed by atoms with van der Waals surface area (Å²) in [6, 6.07) is 10.5. The van der Waals surface area contributed by atoms with Crippen molar-refractivity contribution in [3.63, 3.8) is 0 Å². The van der Waals surface area contributed by atoms with Gasteiger partial charge in [0.05, 0.1) is 11.6 Å². The maximum Gasteiger partial charge on any atom is 0.291 e. The predicted octanol–water partition coefficient (Wildman–Crippen LogP) is 5.45. The first-order chi connectivity index (χ1) is 14.2. The van der Waals surface area contributed by atoms with Crippen molar-refractivity contribution in [2.45, 2.75) is 26.2 Å². The molecule has 1 aromatic carbocycles. The van der Waals surface area contributed by atoms with Gasteiger partial charge in [0.2, 0.25) is 5.88 Å². The Labute approximate surface area is 171 Å². The van der Waals surface area contributed by atoms with Crippen molar-refractivity contribution in [1.82, 2.24) is 9.97 Å². The number of aryl methyl sites for hydroxylation is 1. The first-order valence-corrected chi connectivity index (χ1v) is 10.4. The molecule has 0 spiro atoms. The lowest BCUT2D eigenvalue weighted by Crippen LogP contribution is -2.10. The van der Waals surface area contributed by atoms with Gasteiger partial charge in [-0.25, -0.2) is 9.97 Å². The highest BCUT2D eigenvalue weighted by Crippen LogP contribution is 2.41. The molecule has 0 aliphatic heterocycles. The fourth-order valence-electron chi connectivity index (χ4n) is 3.64. The topological polar surface area (TPSA) is 77.3 Å². The summed E-state index contributed by atoms with van der Waals surface area (Å²) >= 11 is 1.75. The number of hydrogen-bond donors (Lipinski definition) is 1. The Bertz CT molecular complexity index is 1170. The molecule has 1 unspecified atom stereocenters. The highest BCUT2D eigenvalue weighted by molar-refractivity contribution is 7.18. The molecular formula is C22H19N3O3S. The number of carbonyl (C=O) groups excluding carboxylic acids is 1. The number of aromatic nitrogens is 2. The first-order valence-electron chi connectivity index (χ1n) is 9.55. The zero-order valence-electron chi connectivity index (χ0n) is 15.8. The van der Waals surface area contributed by atoms with Crippen molar-refractivity contribution in [2.75, 3.05) is 5.32 Å². The lowest BCUT2D eigenvalue weighted by molar-refractivity contribution is 0.0996. The van der Waals surface area contributed by atoms with E-state index in [1.165, 1.54) is 23.1 Å². The van der Waals surface area contributed by atoms with Crippen LogP contribution in [-0.2, 0) is 12.8 Å². The van der Waals surface area contributed by atoms with Crippen LogP contribution in [0, 0.1) is 5.92 Å². The van der Waals surface area contributed by atoms with Gasteiger partial charge < -0.3 is 14.5 Å². The molecular weight excluding hydrogens is 386 g/mol. The number of nitrogens with one attached hydrogen (secondary N) is 1. The van der Waals surface area contributed by atoms with Gasteiger partial charge in [-0.15, -0.1) is 11.3 Å². The first kappa shape index (κ1) is 17.9. The van der Waals surface area contributed by atoms with Crippen molar-refractivity contribution < 1.29 is 13.9 Å². The molecule has 1 aliphatic carbocycles. The van der Waals surface area contributed by atoms with E-state index in [1.54, 1.807) is 41.9 Å². The SMILES string of the molecule is CC1CCc2c(sc3ncnc(Oc4ccc(NC(=O)c5ccco5)cc4)c23)C1. The second-order valence-electron chi connectivity index (χ2n) is 7.27. The number of rotatable bonds is 4. The van der Waals surface area contributed by atoms with Gasteiger partial charge in [-0.3, -0.25) is 4.79 Å². The molecule has 0 radical (unpaired) electrons. The fraction of sp³-hybridized carbons (Fsp3) is 0.227. The number of fused-ring (bicyclic) bond motifs is 3. The van der Waals surface area contributed by atoms with Crippen molar-refractivity contribution in [3.05, 3.63) is 65.2 Å². The normalized spacial score (nSPS) is 15.8. The number of carbonyl (C=O) groups is 1. The van der Waals surface area contributed by atoms with E-state index in [0.29, 0.717) is 23.2 Å². The maximum atomic E-state index is 12.1. The number of anilines is 1. The Balaban J connectivity index is 1.38. The molecule has 1 amide bonds. The molecule has 4 aromatic rings. The molecule has 1 aliphatic rings.